The summed E-state index contributed by atoms with van der Waals surface area (Å²) in [7, 11) is -3.09. The largest absolute Gasteiger partial charge is 0.435 e. The SMILES string of the molecule is O=C(NC1CCS(=O)(=O)C1)c1ccccc1Nc1ccc(OC(F)F)cc1. The van der Waals surface area contributed by atoms with Crippen molar-refractivity contribution in [3.63, 3.8) is 0 Å². The number of carbonyl (C=O) groups excluding carboxylic acids is 1. The first-order valence-electron chi connectivity index (χ1n) is 8.24. The number of amides is 1. The van der Waals surface area contributed by atoms with Crippen molar-refractivity contribution in [1.82, 2.24) is 5.32 Å². The highest BCUT2D eigenvalue weighted by atomic mass is 32.2. The molecule has 1 amide bonds. The first-order chi connectivity index (χ1) is 12.8. The molecule has 0 saturated carbocycles. The molecule has 1 saturated heterocycles. The summed E-state index contributed by atoms with van der Waals surface area (Å²) in [4.78, 5) is 12.5. The molecule has 9 heteroatoms. The van der Waals surface area contributed by atoms with Crippen LogP contribution in [0, 0.1) is 0 Å². The fraction of sp³-hybridized carbons (Fsp3) is 0.278. The average molecular weight is 396 g/mol. The Bertz CT molecular complexity index is 917. The van der Waals surface area contributed by atoms with E-state index in [1.54, 1.807) is 36.4 Å². The molecule has 0 bridgehead atoms. The van der Waals surface area contributed by atoms with E-state index in [1.165, 1.54) is 12.1 Å². The third kappa shape index (κ3) is 5.16. The van der Waals surface area contributed by atoms with Gasteiger partial charge in [-0.2, -0.15) is 8.78 Å². The number of hydrogen-bond donors (Lipinski definition) is 2. The second kappa shape index (κ2) is 7.91. The molecule has 2 N–H and O–H groups in total. The molecule has 27 heavy (non-hydrogen) atoms. The summed E-state index contributed by atoms with van der Waals surface area (Å²) < 4.78 is 51.8. The highest BCUT2D eigenvalue weighted by molar-refractivity contribution is 7.91. The number of halogens is 2. The van der Waals surface area contributed by atoms with E-state index in [0.717, 1.165) is 0 Å². The van der Waals surface area contributed by atoms with E-state index < -0.39 is 22.5 Å². The van der Waals surface area contributed by atoms with Crippen molar-refractivity contribution in [2.24, 2.45) is 0 Å². The van der Waals surface area contributed by atoms with Crippen LogP contribution in [0.15, 0.2) is 48.5 Å². The van der Waals surface area contributed by atoms with Crippen LogP contribution in [0.5, 0.6) is 5.75 Å². The first kappa shape index (κ1) is 19.1. The average Bonchev–Trinajstić information content (AvgIpc) is 2.95. The van der Waals surface area contributed by atoms with E-state index in [-0.39, 0.29) is 23.2 Å². The molecule has 0 spiro atoms. The zero-order valence-electron chi connectivity index (χ0n) is 14.2. The summed E-state index contributed by atoms with van der Waals surface area (Å²) in [6.45, 7) is -2.90. The smallest absolute Gasteiger partial charge is 0.387 e. The van der Waals surface area contributed by atoms with Crippen LogP contribution in [0.2, 0.25) is 0 Å². The molecule has 1 heterocycles. The van der Waals surface area contributed by atoms with E-state index in [9.17, 15) is 22.0 Å². The Hall–Kier alpha value is -2.68. The van der Waals surface area contributed by atoms with E-state index in [1.807, 2.05) is 0 Å². The molecule has 6 nitrogen and oxygen atoms in total. The summed E-state index contributed by atoms with van der Waals surface area (Å²) in [5.41, 5.74) is 1.45. The summed E-state index contributed by atoms with van der Waals surface area (Å²) in [6, 6.07) is 12.2. The maximum absolute atomic E-state index is 12.5. The number of para-hydroxylation sites is 1. The molecule has 2 aromatic carbocycles. The molecule has 0 radical (unpaired) electrons. The van der Waals surface area contributed by atoms with Crippen LogP contribution in [0.25, 0.3) is 0 Å². The van der Waals surface area contributed by atoms with Gasteiger partial charge in [0.1, 0.15) is 5.75 Å². The van der Waals surface area contributed by atoms with E-state index in [0.29, 0.717) is 23.4 Å². The molecule has 1 aliphatic rings. The van der Waals surface area contributed by atoms with Gasteiger partial charge in [-0.15, -0.1) is 0 Å². The third-order valence-electron chi connectivity index (χ3n) is 4.10. The van der Waals surface area contributed by atoms with Gasteiger partial charge in [-0.3, -0.25) is 4.79 Å². The maximum Gasteiger partial charge on any atom is 0.387 e. The van der Waals surface area contributed by atoms with Crippen LogP contribution in [-0.4, -0.2) is 38.5 Å². The summed E-state index contributed by atoms with van der Waals surface area (Å²) in [5.74, 6) is -0.327. The van der Waals surface area contributed by atoms with Crippen LogP contribution in [0.3, 0.4) is 0 Å². The van der Waals surface area contributed by atoms with E-state index in [4.69, 9.17) is 0 Å². The zero-order valence-corrected chi connectivity index (χ0v) is 15.0. The van der Waals surface area contributed by atoms with Gasteiger partial charge in [-0.25, -0.2) is 8.42 Å². The van der Waals surface area contributed by atoms with Crippen molar-refractivity contribution in [3.8, 4) is 5.75 Å². The van der Waals surface area contributed by atoms with Crippen molar-refractivity contribution in [3.05, 3.63) is 54.1 Å². The van der Waals surface area contributed by atoms with Crippen LogP contribution >= 0.6 is 0 Å². The number of nitrogens with one attached hydrogen (secondary N) is 2. The van der Waals surface area contributed by atoms with E-state index >= 15 is 0 Å². The molecule has 3 rings (SSSR count). The van der Waals surface area contributed by atoms with Gasteiger partial charge < -0.3 is 15.4 Å². The molecule has 2 aromatic rings. The minimum absolute atomic E-state index is 0.0315. The fourth-order valence-corrected chi connectivity index (χ4v) is 4.51. The molecule has 0 aromatic heterocycles. The predicted octanol–water partition coefficient (Wildman–Crippen LogP) is 2.95. The number of anilines is 2. The summed E-state index contributed by atoms with van der Waals surface area (Å²) in [6.07, 6.45) is 0.398. The van der Waals surface area contributed by atoms with Gasteiger partial charge in [0, 0.05) is 11.7 Å². The van der Waals surface area contributed by atoms with Gasteiger partial charge in [0.15, 0.2) is 9.84 Å². The Morgan fingerprint density at radius 1 is 1.11 bits per heavy atom. The molecule has 1 atom stereocenters. The number of benzene rings is 2. The van der Waals surface area contributed by atoms with Crippen LogP contribution < -0.4 is 15.4 Å². The van der Waals surface area contributed by atoms with Gasteiger partial charge >= 0.3 is 6.61 Å². The summed E-state index contributed by atoms with van der Waals surface area (Å²) in [5, 5.41) is 5.80. The van der Waals surface area contributed by atoms with Gasteiger partial charge in [-0.1, -0.05) is 12.1 Å². The number of sulfone groups is 1. The monoisotopic (exact) mass is 396 g/mol. The summed E-state index contributed by atoms with van der Waals surface area (Å²) >= 11 is 0. The lowest BCUT2D eigenvalue weighted by Crippen LogP contribution is -2.35. The van der Waals surface area contributed by atoms with Gasteiger partial charge in [-0.05, 0) is 42.8 Å². The van der Waals surface area contributed by atoms with Crippen LogP contribution in [0.1, 0.15) is 16.8 Å². The lowest BCUT2D eigenvalue weighted by molar-refractivity contribution is -0.0498. The topological polar surface area (TPSA) is 84.5 Å². The Kier molecular flexibility index (Phi) is 5.59. The molecular weight excluding hydrogens is 378 g/mol. The third-order valence-corrected chi connectivity index (χ3v) is 5.87. The number of hydrogen-bond acceptors (Lipinski definition) is 5. The molecule has 1 fully saturated rings. The van der Waals surface area contributed by atoms with Crippen molar-refractivity contribution in [2.45, 2.75) is 19.1 Å². The Labute approximate surface area is 155 Å². The second-order valence-electron chi connectivity index (χ2n) is 6.15. The van der Waals surface area contributed by atoms with Crippen LogP contribution in [-0.2, 0) is 9.84 Å². The van der Waals surface area contributed by atoms with Crippen molar-refractivity contribution in [1.29, 1.82) is 0 Å². The van der Waals surface area contributed by atoms with Crippen LogP contribution in [0.4, 0.5) is 20.2 Å². The minimum atomic E-state index is -3.09. The Morgan fingerprint density at radius 3 is 2.44 bits per heavy atom. The van der Waals surface area contributed by atoms with E-state index in [2.05, 4.69) is 15.4 Å². The lowest BCUT2D eigenvalue weighted by atomic mass is 10.1. The van der Waals surface area contributed by atoms with Gasteiger partial charge in [0.05, 0.1) is 22.8 Å². The quantitative estimate of drug-likeness (QED) is 0.784. The highest BCUT2D eigenvalue weighted by Gasteiger charge is 2.29. The number of carbonyl (C=O) groups is 1. The molecule has 144 valence electrons. The Balaban J connectivity index is 1.71. The number of rotatable bonds is 6. The second-order valence-corrected chi connectivity index (χ2v) is 8.38. The molecular formula is C18H18F2N2O4S. The fourth-order valence-electron chi connectivity index (χ4n) is 2.84. The zero-order chi connectivity index (χ0) is 19.4. The molecule has 1 aliphatic heterocycles. The predicted molar refractivity (Wildman–Crippen MR) is 97.3 cm³/mol. The van der Waals surface area contributed by atoms with Crippen molar-refractivity contribution in [2.75, 3.05) is 16.8 Å². The minimum Gasteiger partial charge on any atom is -0.435 e. The van der Waals surface area contributed by atoms with Crippen molar-refractivity contribution >= 4 is 27.1 Å². The first-order valence-corrected chi connectivity index (χ1v) is 10.1. The molecule has 0 aliphatic carbocycles. The highest BCUT2D eigenvalue weighted by Crippen LogP contribution is 2.24. The van der Waals surface area contributed by atoms with Crippen molar-refractivity contribution < 1.29 is 26.7 Å². The standard InChI is InChI=1S/C18H18F2N2O4S/c19-18(20)26-14-7-5-12(6-8-14)21-16-4-2-1-3-15(16)17(23)22-13-9-10-27(24,25)11-13/h1-8,13,18,21H,9-11H2,(H,22,23). The molecule has 1 unspecified atom stereocenters. The number of ether oxygens (including phenoxy) is 1. The van der Waals surface area contributed by atoms with Gasteiger partial charge in [0.25, 0.3) is 5.91 Å². The normalized spacial score (nSPS) is 18.3. The maximum atomic E-state index is 12.5. The Morgan fingerprint density at radius 2 is 1.81 bits per heavy atom. The number of alkyl halides is 2. The van der Waals surface area contributed by atoms with Gasteiger partial charge in [0.2, 0.25) is 0 Å². The lowest BCUT2D eigenvalue weighted by Gasteiger charge is -2.15.